The number of H-pyrrole nitrogens is 1. The minimum atomic E-state index is -0.732. The zero-order chi connectivity index (χ0) is 14.6. The Morgan fingerprint density at radius 1 is 1.38 bits per heavy atom. The average Bonchev–Trinajstić information content (AvgIpc) is 2.76. The third-order valence-corrected chi connectivity index (χ3v) is 5.14. The number of hydrogen-bond acceptors (Lipinski definition) is 2. The Hall–Kier alpha value is -1.88. The van der Waals surface area contributed by atoms with Gasteiger partial charge >= 0.3 is 5.97 Å². The van der Waals surface area contributed by atoms with Gasteiger partial charge in [0.05, 0.1) is 11.5 Å². The quantitative estimate of drug-likeness (QED) is 0.796. The standard InChI is InChI=1S/C16H17FN2O2/c17-9-2-3-12-11(8-9)10-4-7-18-14(13(10)19-12)16(15(20)21)5-1-6-16/h2-3,8,14,18-19H,1,4-7H2,(H,20,21). The maximum atomic E-state index is 13.5. The number of carboxylic acid groups (broad SMARTS) is 1. The molecule has 1 saturated carbocycles. The normalized spacial score (nSPS) is 23.6. The molecule has 3 N–H and O–H groups in total. The van der Waals surface area contributed by atoms with E-state index in [1.807, 2.05) is 0 Å². The highest BCUT2D eigenvalue weighted by Gasteiger charge is 2.52. The number of rotatable bonds is 2. The van der Waals surface area contributed by atoms with Gasteiger partial charge < -0.3 is 15.4 Å². The van der Waals surface area contributed by atoms with Gasteiger partial charge in [0.1, 0.15) is 5.82 Å². The smallest absolute Gasteiger partial charge is 0.311 e. The molecule has 1 aliphatic heterocycles. The van der Waals surface area contributed by atoms with Crippen LogP contribution in [-0.4, -0.2) is 22.6 Å². The van der Waals surface area contributed by atoms with Crippen LogP contribution >= 0.6 is 0 Å². The van der Waals surface area contributed by atoms with Crippen molar-refractivity contribution >= 4 is 16.9 Å². The van der Waals surface area contributed by atoms with Crippen molar-refractivity contribution in [1.29, 1.82) is 0 Å². The topological polar surface area (TPSA) is 65.1 Å². The Balaban J connectivity index is 1.88. The number of halogens is 1. The van der Waals surface area contributed by atoms with E-state index in [0.717, 1.165) is 41.5 Å². The van der Waals surface area contributed by atoms with Crippen molar-refractivity contribution in [3.05, 3.63) is 35.3 Å². The molecule has 2 heterocycles. The van der Waals surface area contributed by atoms with Crippen LogP contribution in [0.5, 0.6) is 0 Å². The summed E-state index contributed by atoms with van der Waals surface area (Å²) in [5, 5.41) is 13.9. The molecule has 2 aliphatic rings. The van der Waals surface area contributed by atoms with Gasteiger partial charge in [0.15, 0.2) is 0 Å². The second kappa shape index (κ2) is 4.31. The molecule has 0 spiro atoms. The van der Waals surface area contributed by atoms with Gasteiger partial charge in [0, 0.05) is 16.6 Å². The molecule has 1 aromatic heterocycles. The summed E-state index contributed by atoms with van der Waals surface area (Å²) in [6, 6.07) is 4.50. The van der Waals surface area contributed by atoms with Crippen LogP contribution in [-0.2, 0) is 11.2 Å². The fourth-order valence-corrected chi connectivity index (χ4v) is 3.86. The average molecular weight is 288 g/mol. The number of carboxylic acids is 1. The summed E-state index contributed by atoms with van der Waals surface area (Å²) in [6.45, 7) is 0.732. The van der Waals surface area contributed by atoms with Crippen molar-refractivity contribution in [3.8, 4) is 0 Å². The molecule has 1 fully saturated rings. The molecule has 110 valence electrons. The Labute approximate surface area is 121 Å². The molecule has 0 radical (unpaired) electrons. The van der Waals surface area contributed by atoms with Crippen molar-refractivity contribution in [2.24, 2.45) is 5.41 Å². The van der Waals surface area contributed by atoms with Crippen LogP contribution in [0, 0.1) is 11.2 Å². The molecule has 0 bridgehead atoms. The van der Waals surface area contributed by atoms with Crippen LogP contribution in [0.2, 0.25) is 0 Å². The lowest BCUT2D eigenvalue weighted by molar-refractivity contribution is -0.158. The van der Waals surface area contributed by atoms with E-state index in [9.17, 15) is 14.3 Å². The highest BCUT2D eigenvalue weighted by Crippen LogP contribution is 2.52. The first kappa shape index (κ1) is 12.8. The predicted octanol–water partition coefficient (Wildman–Crippen LogP) is 2.75. The molecule has 4 rings (SSSR count). The minimum Gasteiger partial charge on any atom is -0.481 e. The number of carbonyl (C=O) groups is 1. The van der Waals surface area contributed by atoms with Crippen LogP contribution in [0.15, 0.2) is 18.2 Å². The first-order valence-corrected chi connectivity index (χ1v) is 7.38. The number of benzene rings is 1. The second-order valence-corrected chi connectivity index (χ2v) is 6.16. The van der Waals surface area contributed by atoms with Crippen LogP contribution in [0.25, 0.3) is 10.9 Å². The fraction of sp³-hybridized carbons (Fsp3) is 0.438. The van der Waals surface area contributed by atoms with Crippen molar-refractivity contribution in [2.75, 3.05) is 6.54 Å². The first-order chi connectivity index (χ1) is 10.1. The van der Waals surface area contributed by atoms with E-state index in [4.69, 9.17) is 0 Å². The number of nitrogens with one attached hydrogen (secondary N) is 2. The Morgan fingerprint density at radius 3 is 2.86 bits per heavy atom. The van der Waals surface area contributed by atoms with E-state index in [1.54, 1.807) is 12.1 Å². The Kier molecular flexibility index (Phi) is 2.63. The SMILES string of the molecule is O=C(O)C1(C2NCCc3c2[nH]c2ccc(F)cc32)CCC1. The molecule has 5 heteroatoms. The van der Waals surface area contributed by atoms with E-state index in [-0.39, 0.29) is 11.9 Å². The molecule has 2 aromatic rings. The molecule has 21 heavy (non-hydrogen) atoms. The lowest BCUT2D eigenvalue weighted by atomic mass is 9.62. The van der Waals surface area contributed by atoms with E-state index >= 15 is 0 Å². The lowest BCUT2D eigenvalue weighted by Crippen LogP contribution is -2.50. The largest absolute Gasteiger partial charge is 0.481 e. The van der Waals surface area contributed by atoms with Crippen molar-refractivity contribution in [3.63, 3.8) is 0 Å². The van der Waals surface area contributed by atoms with Gasteiger partial charge in [0.2, 0.25) is 0 Å². The molecule has 1 aromatic carbocycles. The molecule has 1 unspecified atom stereocenters. The summed E-state index contributed by atoms with van der Waals surface area (Å²) in [6.07, 6.45) is 3.14. The van der Waals surface area contributed by atoms with E-state index in [1.165, 1.54) is 6.07 Å². The first-order valence-electron chi connectivity index (χ1n) is 7.38. The van der Waals surface area contributed by atoms with Gasteiger partial charge in [-0.15, -0.1) is 0 Å². The van der Waals surface area contributed by atoms with Gasteiger partial charge in [-0.05, 0) is 49.6 Å². The number of fused-ring (bicyclic) bond motifs is 3. The molecule has 0 saturated heterocycles. The molecular weight excluding hydrogens is 271 g/mol. The Morgan fingerprint density at radius 2 is 2.19 bits per heavy atom. The molecule has 1 aliphatic carbocycles. The van der Waals surface area contributed by atoms with Crippen molar-refractivity contribution in [2.45, 2.75) is 31.7 Å². The lowest BCUT2D eigenvalue weighted by Gasteiger charge is -2.45. The zero-order valence-electron chi connectivity index (χ0n) is 11.6. The summed E-state index contributed by atoms with van der Waals surface area (Å²) >= 11 is 0. The summed E-state index contributed by atoms with van der Waals surface area (Å²) in [7, 11) is 0. The minimum absolute atomic E-state index is 0.206. The number of aromatic nitrogens is 1. The van der Waals surface area contributed by atoms with E-state index < -0.39 is 11.4 Å². The molecular formula is C16H17FN2O2. The van der Waals surface area contributed by atoms with E-state index in [0.29, 0.717) is 12.8 Å². The van der Waals surface area contributed by atoms with Crippen LogP contribution in [0.3, 0.4) is 0 Å². The van der Waals surface area contributed by atoms with Crippen molar-refractivity contribution in [1.82, 2.24) is 10.3 Å². The molecule has 4 nitrogen and oxygen atoms in total. The third kappa shape index (κ3) is 1.67. The van der Waals surface area contributed by atoms with Crippen LogP contribution in [0.4, 0.5) is 4.39 Å². The number of hydrogen-bond donors (Lipinski definition) is 3. The van der Waals surface area contributed by atoms with Crippen LogP contribution in [0.1, 0.15) is 36.6 Å². The molecule has 0 amide bonds. The van der Waals surface area contributed by atoms with E-state index in [2.05, 4.69) is 10.3 Å². The summed E-state index contributed by atoms with van der Waals surface area (Å²) in [5.74, 6) is -0.986. The van der Waals surface area contributed by atoms with Gasteiger partial charge in [-0.2, -0.15) is 0 Å². The highest BCUT2D eigenvalue weighted by molar-refractivity contribution is 5.86. The van der Waals surface area contributed by atoms with Gasteiger partial charge in [-0.3, -0.25) is 4.79 Å². The third-order valence-electron chi connectivity index (χ3n) is 5.14. The van der Waals surface area contributed by atoms with Gasteiger partial charge in [-0.1, -0.05) is 6.42 Å². The zero-order valence-corrected chi connectivity index (χ0v) is 11.6. The predicted molar refractivity (Wildman–Crippen MR) is 76.6 cm³/mol. The second-order valence-electron chi connectivity index (χ2n) is 6.16. The molecule has 1 atom stereocenters. The maximum Gasteiger partial charge on any atom is 0.311 e. The Bertz CT molecular complexity index is 733. The summed E-state index contributed by atoms with van der Waals surface area (Å²) in [4.78, 5) is 15.1. The number of aromatic amines is 1. The number of aliphatic carboxylic acids is 1. The summed E-state index contributed by atoms with van der Waals surface area (Å²) in [5.41, 5.74) is 2.17. The summed E-state index contributed by atoms with van der Waals surface area (Å²) < 4.78 is 13.5. The highest BCUT2D eigenvalue weighted by atomic mass is 19.1. The van der Waals surface area contributed by atoms with Gasteiger partial charge in [0.25, 0.3) is 0 Å². The maximum absolute atomic E-state index is 13.5. The fourth-order valence-electron chi connectivity index (χ4n) is 3.86. The van der Waals surface area contributed by atoms with Crippen molar-refractivity contribution < 1.29 is 14.3 Å². The van der Waals surface area contributed by atoms with Crippen LogP contribution < -0.4 is 5.32 Å². The van der Waals surface area contributed by atoms with Gasteiger partial charge in [-0.25, -0.2) is 4.39 Å². The monoisotopic (exact) mass is 288 g/mol.